The summed E-state index contributed by atoms with van der Waals surface area (Å²) in [5, 5.41) is 6.58. The first-order chi connectivity index (χ1) is 7.76. The van der Waals surface area contributed by atoms with Gasteiger partial charge >= 0.3 is 0 Å². The molecule has 0 atom stereocenters. The minimum atomic E-state index is -0.131. The molecule has 0 radical (unpaired) electrons. The molecule has 0 fully saturated rings. The van der Waals surface area contributed by atoms with Crippen molar-refractivity contribution in [2.24, 2.45) is 0 Å². The fourth-order valence-corrected chi connectivity index (χ4v) is 2.13. The van der Waals surface area contributed by atoms with Gasteiger partial charge in [0.15, 0.2) is 0 Å². The lowest BCUT2D eigenvalue weighted by molar-refractivity contribution is 0.0959. The third kappa shape index (κ3) is 1.86. The zero-order valence-corrected chi connectivity index (χ0v) is 10.0. The summed E-state index contributed by atoms with van der Waals surface area (Å²) in [5.41, 5.74) is 2.26. The number of rotatable bonds is 3. The van der Waals surface area contributed by atoms with E-state index in [2.05, 4.69) is 15.3 Å². The maximum absolute atomic E-state index is 11.7. The van der Waals surface area contributed by atoms with Crippen molar-refractivity contribution in [1.82, 2.24) is 15.3 Å². The van der Waals surface area contributed by atoms with Crippen molar-refractivity contribution in [3.63, 3.8) is 0 Å². The van der Waals surface area contributed by atoms with Crippen LogP contribution in [0.2, 0.25) is 0 Å². The molecule has 16 heavy (non-hydrogen) atoms. The minimum Gasteiger partial charge on any atom is -0.354 e. The van der Waals surface area contributed by atoms with Gasteiger partial charge in [-0.25, -0.2) is 4.98 Å². The fourth-order valence-electron chi connectivity index (χ4n) is 1.49. The second kappa shape index (κ2) is 4.49. The molecule has 5 heteroatoms. The van der Waals surface area contributed by atoms with Crippen molar-refractivity contribution in [2.45, 2.75) is 13.3 Å². The number of hydrogen-bond donors (Lipinski definition) is 2. The van der Waals surface area contributed by atoms with Gasteiger partial charge in [0.05, 0.1) is 0 Å². The molecule has 0 aliphatic carbocycles. The topological polar surface area (TPSA) is 57.8 Å². The number of nitrogens with one attached hydrogen (secondary N) is 2. The number of aromatic amines is 1. The highest BCUT2D eigenvalue weighted by atomic mass is 32.1. The number of nitrogens with zero attached hydrogens (tertiary/aromatic N) is 1. The lowest BCUT2D eigenvalue weighted by atomic mass is 10.2. The number of hydrogen-bond acceptors (Lipinski definition) is 3. The Kier molecular flexibility index (Phi) is 3.05. The summed E-state index contributed by atoms with van der Waals surface area (Å²) in [6.45, 7) is 2.00. The molecule has 0 aliphatic heterocycles. The molecule has 2 heterocycles. The average molecular weight is 235 g/mol. The van der Waals surface area contributed by atoms with Crippen molar-refractivity contribution in [1.29, 1.82) is 0 Å². The molecule has 4 nitrogen and oxygen atoms in total. The van der Waals surface area contributed by atoms with E-state index in [0.717, 1.165) is 23.5 Å². The number of amides is 1. The van der Waals surface area contributed by atoms with Gasteiger partial charge in [-0.1, -0.05) is 6.92 Å². The number of carbonyl (C=O) groups is 1. The summed E-state index contributed by atoms with van der Waals surface area (Å²) in [7, 11) is 1.62. The standard InChI is InChI=1S/C11H13N3OS/c1-3-8-13-9(7-4-5-16-6-7)10(14-8)11(15)12-2/h4-6H,3H2,1-2H3,(H,12,15)(H,13,14). The van der Waals surface area contributed by atoms with Gasteiger partial charge in [0.2, 0.25) is 0 Å². The summed E-state index contributed by atoms with van der Waals surface area (Å²) in [4.78, 5) is 19.2. The molecule has 84 valence electrons. The van der Waals surface area contributed by atoms with E-state index in [0.29, 0.717) is 5.69 Å². The van der Waals surface area contributed by atoms with Crippen molar-refractivity contribution < 1.29 is 4.79 Å². The van der Waals surface area contributed by atoms with Crippen LogP contribution in [0.5, 0.6) is 0 Å². The Balaban J connectivity index is 2.50. The van der Waals surface area contributed by atoms with Crippen LogP contribution in [-0.2, 0) is 6.42 Å². The number of carbonyl (C=O) groups excluding carboxylic acids is 1. The number of imidazole rings is 1. The lowest BCUT2D eigenvalue weighted by Gasteiger charge is -1.98. The number of H-pyrrole nitrogens is 1. The van der Waals surface area contributed by atoms with Gasteiger partial charge in [-0.2, -0.15) is 11.3 Å². The van der Waals surface area contributed by atoms with Crippen molar-refractivity contribution >= 4 is 17.2 Å². The third-order valence-electron chi connectivity index (χ3n) is 2.34. The van der Waals surface area contributed by atoms with Crippen molar-refractivity contribution in [2.75, 3.05) is 7.05 Å². The summed E-state index contributed by atoms with van der Waals surface area (Å²) in [6, 6.07) is 1.96. The molecule has 0 spiro atoms. The third-order valence-corrected chi connectivity index (χ3v) is 3.02. The number of aryl methyl sites for hydroxylation is 1. The molecule has 2 aromatic rings. The Bertz CT molecular complexity index is 487. The van der Waals surface area contributed by atoms with E-state index >= 15 is 0 Å². The van der Waals surface area contributed by atoms with Crippen LogP contribution in [0, 0.1) is 0 Å². The molecule has 0 unspecified atom stereocenters. The molecule has 2 rings (SSSR count). The first-order valence-corrected chi connectivity index (χ1v) is 6.04. The lowest BCUT2D eigenvalue weighted by Crippen LogP contribution is -2.19. The van der Waals surface area contributed by atoms with Crippen molar-refractivity contribution in [3.8, 4) is 11.3 Å². The highest BCUT2D eigenvalue weighted by Crippen LogP contribution is 2.24. The quantitative estimate of drug-likeness (QED) is 0.855. The first-order valence-electron chi connectivity index (χ1n) is 5.09. The van der Waals surface area contributed by atoms with E-state index in [9.17, 15) is 4.79 Å². The molecule has 0 aromatic carbocycles. The molecule has 0 bridgehead atoms. The van der Waals surface area contributed by atoms with Crippen LogP contribution >= 0.6 is 11.3 Å². The Labute approximate surface area is 97.7 Å². The minimum absolute atomic E-state index is 0.131. The van der Waals surface area contributed by atoms with Gasteiger partial charge < -0.3 is 10.3 Å². The molecule has 0 aliphatic rings. The predicted octanol–water partition coefficient (Wildman–Crippen LogP) is 2.06. The molecule has 2 aromatic heterocycles. The van der Waals surface area contributed by atoms with E-state index in [1.54, 1.807) is 18.4 Å². The normalized spacial score (nSPS) is 10.4. The van der Waals surface area contributed by atoms with E-state index in [1.165, 1.54) is 0 Å². The monoisotopic (exact) mass is 235 g/mol. The molecule has 0 saturated heterocycles. The second-order valence-electron chi connectivity index (χ2n) is 3.35. The van der Waals surface area contributed by atoms with Gasteiger partial charge in [-0.05, 0) is 11.4 Å². The van der Waals surface area contributed by atoms with E-state index in [-0.39, 0.29) is 5.91 Å². The van der Waals surface area contributed by atoms with Gasteiger partial charge in [-0.3, -0.25) is 4.79 Å². The van der Waals surface area contributed by atoms with Gasteiger partial charge in [0, 0.05) is 24.4 Å². The average Bonchev–Trinajstić information content (AvgIpc) is 2.95. The number of aromatic nitrogens is 2. The Morgan fingerprint density at radius 3 is 3.00 bits per heavy atom. The molecular weight excluding hydrogens is 222 g/mol. The van der Waals surface area contributed by atoms with Crippen LogP contribution in [0.15, 0.2) is 16.8 Å². The van der Waals surface area contributed by atoms with E-state index in [4.69, 9.17) is 0 Å². The predicted molar refractivity (Wildman–Crippen MR) is 64.7 cm³/mol. The van der Waals surface area contributed by atoms with Crippen LogP contribution in [-0.4, -0.2) is 22.9 Å². The Morgan fingerprint density at radius 1 is 1.62 bits per heavy atom. The zero-order valence-electron chi connectivity index (χ0n) is 9.20. The van der Waals surface area contributed by atoms with Gasteiger partial charge in [-0.15, -0.1) is 0 Å². The summed E-state index contributed by atoms with van der Waals surface area (Å²) >= 11 is 1.59. The first kappa shape index (κ1) is 10.9. The zero-order chi connectivity index (χ0) is 11.5. The summed E-state index contributed by atoms with van der Waals surface area (Å²) in [6.07, 6.45) is 0.786. The molecule has 0 saturated carbocycles. The van der Waals surface area contributed by atoms with Crippen molar-refractivity contribution in [3.05, 3.63) is 28.3 Å². The highest BCUT2D eigenvalue weighted by Gasteiger charge is 2.17. The maximum Gasteiger partial charge on any atom is 0.269 e. The molecule has 2 N–H and O–H groups in total. The number of thiophene rings is 1. The highest BCUT2D eigenvalue weighted by molar-refractivity contribution is 7.08. The fraction of sp³-hybridized carbons (Fsp3) is 0.273. The molecular formula is C11H13N3OS. The van der Waals surface area contributed by atoms with Gasteiger partial charge in [0.1, 0.15) is 17.2 Å². The molecule has 1 amide bonds. The van der Waals surface area contributed by atoms with Crippen LogP contribution < -0.4 is 5.32 Å². The SMILES string of the molecule is CCc1nc(-c2ccsc2)c(C(=O)NC)[nH]1. The maximum atomic E-state index is 11.7. The van der Waals surface area contributed by atoms with E-state index in [1.807, 2.05) is 23.8 Å². The Morgan fingerprint density at radius 2 is 2.44 bits per heavy atom. The Hall–Kier alpha value is -1.62. The van der Waals surface area contributed by atoms with Crippen LogP contribution in [0.4, 0.5) is 0 Å². The smallest absolute Gasteiger partial charge is 0.269 e. The summed E-state index contributed by atoms with van der Waals surface area (Å²) < 4.78 is 0. The second-order valence-corrected chi connectivity index (χ2v) is 4.13. The van der Waals surface area contributed by atoms with Crippen LogP contribution in [0.3, 0.4) is 0 Å². The van der Waals surface area contributed by atoms with E-state index < -0.39 is 0 Å². The summed E-state index contributed by atoms with van der Waals surface area (Å²) in [5.74, 6) is 0.702. The van der Waals surface area contributed by atoms with Crippen LogP contribution in [0.25, 0.3) is 11.3 Å². The van der Waals surface area contributed by atoms with Crippen LogP contribution in [0.1, 0.15) is 23.2 Å². The van der Waals surface area contributed by atoms with Gasteiger partial charge in [0.25, 0.3) is 5.91 Å². The largest absolute Gasteiger partial charge is 0.354 e.